The number of rotatable bonds is 7. The molecule has 3 heterocycles. The van der Waals surface area contributed by atoms with Crippen LogP contribution < -0.4 is 16.3 Å². The molecule has 19 heteroatoms. The molecule has 1 aromatic heterocycles. The Labute approximate surface area is 183 Å². The number of nitrogens with one attached hydrogen (secondary N) is 1. The van der Waals surface area contributed by atoms with E-state index in [1.807, 2.05) is 0 Å². The first-order chi connectivity index (χ1) is 15.2. The summed E-state index contributed by atoms with van der Waals surface area (Å²) in [7, 11) is -4.82. The topological polar surface area (TPSA) is 211 Å². The summed E-state index contributed by atoms with van der Waals surface area (Å²) in [4.78, 5) is 39.0. The lowest BCUT2D eigenvalue weighted by Crippen LogP contribution is -2.53. The van der Waals surface area contributed by atoms with E-state index in [0.29, 0.717) is 17.3 Å². The number of hydroxylamine groups is 3. The molecule has 184 valence electrons. The van der Waals surface area contributed by atoms with Crippen LogP contribution in [-0.4, -0.2) is 89.1 Å². The number of amides is 3. The van der Waals surface area contributed by atoms with Crippen LogP contribution in [0, 0.1) is 0 Å². The van der Waals surface area contributed by atoms with Crippen LogP contribution in [0.4, 0.5) is 18.0 Å². The van der Waals surface area contributed by atoms with Gasteiger partial charge in [0.25, 0.3) is 5.91 Å². The number of fused-ring (bicyclic) bond motifs is 2. The molecule has 1 saturated heterocycles. The van der Waals surface area contributed by atoms with Crippen LogP contribution in [0.15, 0.2) is 18.5 Å². The maximum Gasteiger partial charge on any atom is 0.430 e. The van der Waals surface area contributed by atoms with Crippen molar-refractivity contribution in [1.29, 1.82) is 0 Å². The maximum atomic E-state index is 12.1. The molecule has 2 aliphatic heterocycles. The molecule has 3 rings (SSSR count). The summed E-state index contributed by atoms with van der Waals surface area (Å²) in [6.45, 7) is 1.10. The molecule has 33 heavy (non-hydrogen) atoms. The predicted molar refractivity (Wildman–Crippen MR) is 94.0 cm³/mol. The van der Waals surface area contributed by atoms with E-state index in [-0.39, 0.29) is 25.3 Å². The second kappa shape index (κ2) is 10.1. The lowest BCUT2D eigenvalue weighted by molar-refractivity contribution is -0.375. The number of nitrogens with zero attached hydrogens (tertiary/aromatic N) is 4. The van der Waals surface area contributed by atoms with Crippen LogP contribution in [0.3, 0.4) is 0 Å². The van der Waals surface area contributed by atoms with Crippen molar-refractivity contribution in [2.45, 2.75) is 12.2 Å². The minimum absolute atomic E-state index is 0.126. The van der Waals surface area contributed by atoms with E-state index in [9.17, 15) is 31.2 Å². The number of hydrogen-bond acceptors (Lipinski definition) is 9. The van der Waals surface area contributed by atoms with Crippen LogP contribution in [0.2, 0.25) is 0 Å². The van der Waals surface area contributed by atoms with Gasteiger partial charge in [-0.15, -0.1) is 4.28 Å². The number of quaternary nitrogens is 1. The average Bonchev–Trinajstić information content (AvgIpc) is 3.27. The van der Waals surface area contributed by atoms with Gasteiger partial charge in [0.2, 0.25) is 0 Å². The molecule has 1 fully saturated rings. The number of aromatic nitrogens is 2. The molecule has 1 unspecified atom stereocenters. The van der Waals surface area contributed by atoms with Crippen molar-refractivity contribution in [2.24, 2.45) is 0 Å². The Kier molecular flexibility index (Phi) is 7.97. The van der Waals surface area contributed by atoms with Gasteiger partial charge in [-0.05, 0) is 6.08 Å². The number of carboxylic acid groups (broad SMARTS) is 1. The first kappa shape index (κ1) is 26.0. The minimum atomic E-state index is -5.19. The summed E-state index contributed by atoms with van der Waals surface area (Å²) >= 11 is 0. The Bertz CT molecular complexity index is 1040. The molecule has 3 amide bonds. The van der Waals surface area contributed by atoms with Gasteiger partial charge in [0.1, 0.15) is 25.2 Å². The van der Waals surface area contributed by atoms with Crippen LogP contribution in [-0.2, 0) is 24.3 Å². The van der Waals surface area contributed by atoms with E-state index in [1.165, 1.54) is 22.0 Å². The molecule has 0 radical (unpaired) electrons. The highest BCUT2D eigenvalue weighted by Gasteiger charge is 2.43. The van der Waals surface area contributed by atoms with E-state index in [2.05, 4.69) is 20.6 Å². The SMILES string of the molecule is O=C([O-])C(F)(F)F.[NH3+]CCONC(=O)c1cnn(C2=CC3CN(C2)C(=O)N3OS(=O)(=O)O)c1. The van der Waals surface area contributed by atoms with Crippen molar-refractivity contribution in [3.05, 3.63) is 24.0 Å². The van der Waals surface area contributed by atoms with Gasteiger partial charge in [-0.1, -0.05) is 0 Å². The highest BCUT2D eigenvalue weighted by molar-refractivity contribution is 7.80. The molecule has 1 atom stereocenters. The molecular weight excluding hydrogens is 485 g/mol. The number of carbonyl (C=O) groups is 3. The Morgan fingerprint density at radius 3 is 2.58 bits per heavy atom. The average molecular weight is 502 g/mol. The molecule has 0 aromatic carbocycles. The van der Waals surface area contributed by atoms with Gasteiger partial charge in [0.05, 0.1) is 24.0 Å². The Morgan fingerprint density at radius 1 is 1.39 bits per heavy atom. The van der Waals surface area contributed by atoms with Gasteiger partial charge >= 0.3 is 22.6 Å². The number of carboxylic acids is 1. The third kappa shape index (κ3) is 7.12. The van der Waals surface area contributed by atoms with E-state index >= 15 is 0 Å². The van der Waals surface area contributed by atoms with Gasteiger partial charge < -0.3 is 20.5 Å². The fraction of sp³-hybridized carbons (Fsp3) is 0.429. The highest BCUT2D eigenvalue weighted by atomic mass is 32.3. The summed E-state index contributed by atoms with van der Waals surface area (Å²) < 4.78 is 67.8. The Hall–Kier alpha value is -3.26. The third-order valence-electron chi connectivity index (χ3n) is 3.86. The van der Waals surface area contributed by atoms with E-state index in [4.69, 9.17) is 19.3 Å². The smallest absolute Gasteiger partial charge is 0.430 e. The zero-order valence-corrected chi connectivity index (χ0v) is 17.2. The molecular formula is C14H17F3N6O9S. The number of halogens is 3. The lowest BCUT2D eigenvalue weighted by atomic mass is 10.2. The molecule has 2 bridgehead atoms. The normalized spacial score (nSPS) is 17.9. The second-order valence-corrected chi connectivity index (χ2v) is 7.31. The van der Waals surface area contributed by atoms with Crippen LogP contribution >= 0.6 is 0 Å². The largest absolute Gasteiger partial charge is 0.542 e. The van der Waals surface area contributed by atoms with Crippen molar-refractivity contribution >= 4 is 34.0 Å². The molecule has 0 spiro atoms. The number of carbonyl (C=O) groups excluding carboxylic acids is 3. The van der Waals surface area contributed by atoms with Crippen molar-refractivity contribution < 1.29 is 60.5 Å². The van der Waals surface area contributed by atoms with E-state index in [0.717, 1.165) is 0 Å². The summed E-state index contributed by atoms with van der Waals surface area (Å²) in [5, 5.41) is 13.4. The molecule has 0 aliphatic carbocycles. The fourth-order valence-electron chi connectivity index (χ4n) is 2.56. The van der Waals surface area contributed by atoms with E-state index < -0.39 is 40.5 Å². The predicted octanol–water partition coefficient (Wildman–Crippen LogP) is -3.22. The third-order valence-corrected chi connectivity index (χ3v) is 4.21. The quantitative estimate of drug-likeness (QED) is 0.193. The fourth-order valence-corrected chi connectivity index (χ4v) is 2.94. The van der Waals surface area contributed by atoms with Crippen molar-refractivity contribution in [2.75, 3.05) is 26.2 Å². The van der Waals surface area contributed by atoms with E-state index in [1.54, 1.807) is 6.08 Å². The number of urea groups is 1. The number of alkyl halides is 3. The van der Waals surface area contributed by atoms with Gasteiger partial charge in [0, 0.05) is 12.7 Å². The van der Waals surface area contributed by atoms with Crippen LogP contribution in [0.5, 0.6) is 0 Å². The molecule has 1 aromatic rings. The van der Waals surface area contributed by atoms with Crippen molar-refractivity contribution in [3.8, 4) is 0 Å². The molecule has 2 aliphatic rings. The summed E-state index contributed by atoms with van der Waals surface area (Å²) in [5.41, 5.74) is 6.59. The number of aliphatic carboxylic acids is 1. The first-order valence-corrected chi connectivity index (χ1v) is 10.1. The lowest BCUT2D eigenvalue weighted by Gasteiger charge is -2.20. The Morgan fingerprint density at radius 2 is 2.03 bits per heavy atom. The molecule has 15 nitrogen and oxygen atoms in total. The molecule has 5 N–H and O–H groups in total. The standard InChI is InChI=1S/C12H16N6O7S.C2HF3O2/c13-1-2-24-15-11(19)8-4-14-17(5-8)9-3-10-7-16(6-9)12(20)18(10)25-26(21,22)23;3-2(4,5)1(6)7/h3-5,10H,1-2,6-7,13H2,(H,15,19)(H,21,22,23);(H,6,7). The Balaban J connectivity index is 0.000000479. The van der Waals surface area contributed by atoms with Crippen LogP contribution in [0.25, 0.3) is 5.70 Å². The van der Waals surface area contributed by atoms with Gasteiger partial charge in [-0.25, -0.2) is 15.0 Å². The van der Waals surface area contributed by atoms with Crippen LogP contribution in [0.1, 0.15) is 10.4 Å². The number of hydrogen-bond donors (Lipinski definition) is 3. The first-order valence-electron chi connectivity index (χ1n) is 8.73. The maximum absolute atomic E-state index is 12.1. The highest BCUT2D eigenvalue weighted by Crippen LogP contribution is 2.27. The zero-order valence-electron chi connectivity index (χ0n) is 16.4. The summed E-state index contributed by atoms with van der Waals surface area (Å²) in [6.07, 6.45) is -0.858. The van der Waals surface area contributed by atoms with Gasteiger partial charge in [-0.2, -0.15) is 31.8 Å². The summed E-state index contributed by atoms with van der Waals surface area (Å²) in [5.74, 6) is -3.50. The monoisotopic (exact) mass is 502 g/mol. The van der Waals surface area contributed by atoms with Crippen molar-refractivity contribution in [1.82, 2.24) is 25.2 Å². The zero-order chi connectivity index (χ0) is 25.0. The summed E-state index contributed by atoms with van der Waals surface area (Å²) in [6, 6.07) is -1.43. The van der Waals surface area contributed by atoms with Gasteiger partial charge in [-0.3, -0.25) is 14.2 Å². The molecule has 0 saturated carbocycles. The van der Waals surface area contributed by atoms with Gasteiger partial charge in [0.15, 0.2) is 0 Å². The minimum Gasteiger partial charge on any atom is -0.542 e. The second-order valence-electron chi connectivity index (χ2n) is 6.31. The van der Waals surface area contributed by atoms with Crippen molar-refractivity contribution in [3.63, 3.8) is 0 Å².